The Morgan fingerprint density at radius 1 is 1.59 bits per heavy atom. The molecular weight excluding hydrogens is 223 g/mol. The fraction of sp³-hybridized carbons (Fsp3) is 0.417. The van der Waals surface area contributed by atoms with Gasteiger partial charge in [0, 0.05) is 25.7 Å². The molecule has 1 atom stereocenters. The molecular formula is C12H15FN2O2. The standard InChI is InChI=1S/C12H15FN2O2/c13-10-3-1-2-9(6-10)7-15-5-4-11(8-15)14-12(16)17/h1-3,6,11,14H,4-5,7-8H2,(H,16,17)/t11-/m1/s1. The summed E-state index contributed by atoms with van der Waals surface area (Å²) in [5.74, 6) is -0.234. The average molecular weight is 238 g/mol. The van der Waals surface area contributed by atoms with Crippen molar-refractivity contribution in [1.29, 1.82) is 0 Å². The van der Waals surface area contributed by atoms with Crippen LogP contribution in [0.15, 0.2) is 24.3 Å². The summed E-state index contributed by atoms with van der Waals surface area (Å²) in [6.45, 7) is 2.18. The lowest BCUT2D eigenvalue weighted by Gasteiger charge is -2.15. The zero-order chi connectivity index (χ0) is 12.3. The van der Waals surface area contributed by atoms with Crippen molar-refractivity contribution in [3.63, 3.8) is 0 Å². The van der Waals surface area contributed by atoms with Crippen molar-refractivity contribution in [2.45, 2.75) is 19.0 Å². The van der Waals surface area contributed by atoms with Crippen molar-refractivity contribution in [3.05, 3.63) is 35.6 Å². The summed E-state index contributed by atoms with van der Waals surface area (Å²) < 4.78 is 13.0. The van der Waals surface area contributed by atoms with Crippen LogP contribution in [-0.4, -0.2) is 35.2 Å². The number of amides is 1. The molecule has 0 saturated carbocycles. The van der Waals surface area contributed by atoms with E-state index in [1.807, 2.05) is 6.07 Å². The Morgan fingerprint density at radius 2 is 2.41 bits per heavy atom. The van der Waals surface area contributed by atoms with Crippen LogP contribution >= 0.6 is 0 Å². The normalized spacial score (nSPS) is 20.4. The Kier molecular flexibility index (Phi) is 3.58. The SMILES string of the molecule is O=C(O)N[C@@H]1CCN(Cc2cccc(F)c2)C1. The lowest BCUT2D eigenvalue weighted by Crippen LogP contribution is -2.35. The highest BCUT2D eigenvalue weighted by molar-refractivity contribution is 5.64. The third-order valence-corrected chi connectivity index (χ3v) is 2.90. The van der Waals surface area contributed by atoms with Gasteiger partial charge in [-0.05, 0) is 24.1 Å². The summed E-state index contributed by atoms with van der Waals surface area (Å²) in [5, 5.41) is 11.1. The molecule has 1 saturated heterocycles. The summed E-state index contributed by atoms with van der Waals surface area (Å²) in [5.41, 5.74) is 0.918. The van der Waals surface area contributed by atoms with E-state index in [9.17, 15) is 9.18 Å². The molecule has 1 aromatic rings. The minimum Gasteiger partial charge on any atom is -0.465 e. The fourth-order valence-corrected chi connectivity index (χ4v) is 2.16. The topological polar surface area (TPSA) is 52.6 Å². The Hall–Kier alpha value is -1.62. The van der Waals surface area contributed by atoms with Crippen LogP contribution in [0.5, 0.6) is 0 Å². The van der Waals surface area contributed by atoms with Gasteiger partial charge in [-0.15, -0.1) is 0 Å². The highest BCUT2D eigenvalue weighted by atomic mass is 19.1. The Morgan fingerprint density at radius 3 is 3.12 bits per heavy atom. The van der Waals surface area contributed by atoms with Gasteiger partial charge in [0.05, 0.1) is 0 Å². The number of benzene rings is 1. The van der Waals surface area contributed by atoms with E-state index >= 15 is 0 Å². The number of likely N-dealkylation sites (tertiary alicyclic amines) is 1. The van der Waals surface area contributed by atoms with Crippen LogP contribution in [0.1, 0.15) is 12.0 Å². The van der Waals surface area contributed by atoms with Gasteiger partial charge in [-0.2, -0.15) is 0 Å². The lowest BCUT2D eigenvalue weighted by atomic mass is 10.2. The first-order valence-corrected chi connectivity index (χ1v) is 5.60. The Labute approximate surface area is 99.0 Å². The zero-order valence-electron chi connectivity index (χ0n) is 9.40. The number of carboxylic acid groups (broad SMARTS) is 1. The number of nitrogens with zero attached hydrogens (tertiary/aromatic N) is 1. The zero-order valence-corrected chi connectivity index (χ0v) is 9.40. The molecule has 17 heavy (non-hydrogen) atoms. The second kappa shape index (κ2) is 5.14. The van der Waals surface area contributed by atoms with Crippen LogP contribution < -0.4 is 5.32 Å². The van der Waals surface area contributed by atoms with E-state index in [2.05, 4.69) is 10.2 Å². The molecule has 92 valence electrons. The van der Waals surface area contributed by atoms with Crippen molar-refractivity contribution >= 4 is 6.09 Å². The molecule has 0 unspecified atom stereocenters. The molecule has 1 aliphatic heterocycles. The number of rotatable bonds is 3. The van der Waals surface area contributed by atoms with Gasteiger partial charge in [0.25, 0.3) is 0 Å². The third kappa shape index (κ3) is 3.42. The number of carbonyl (C=O) groups is 1. The molecule has 2 N–H and O–H groups in total. The van der Waals surface area contributed by atoms with Crippen LogP contribution in [0.25, 0.3) is 0 Å². The second-order valence-corrected chi connectivity index (χ2v) is 4.30. The first-order valence-electron chi connectivity index (χ1n) is 5.60. The molecule has 0 spiro atoms. The van der Waals surface area contributed by atoms with Gasteiger partial charge in [-0.25, -0.2) is 9.18 Å². The maximum absolute atomic E-state index is 13.0. The van der Waals surface area contributed by atoms with E-state index in [4.69, 9.17) is 5.11 Å². The van der Waals surface area contributed by atoms with Gasteiger partial charge in [-0.3, -0.25) is 4.90 Å². The predicted octanol–water partition coefficient (Wildman–Crippen LogP) is 1.67. The van der Waals surface area contributed by atoms with E-state index in [0.717, 1.165) is 18.5 Å². The quantitative estimate of drug-likeness (QED) is 0.842. The first-order chi connectivity index (χ1) is 8.13. The minimum absolute atomic E-state index is 0.0129. The van der Waals surface area contributed by atoms with E-state index in [-0.39, 0.29) is 11.9 Å². The smallest absolute Gasteiger partial charge is 0.404 e. The van der Waals surface area contributed by atoms with Crippen LogP contribution in [0.3, 0.4) is 0 Å². The van der Waals surface area contributed by atoms with Crippen LogP contribution in [-0.2, 0) is 6.54 Å². The van der Waals surface area contributed by atoms with E-state index in [1.54, 1.807) is 6.07 Å². The van der Waals surface area contributed by atoms with Gasteiger partial charge in [-0.1, -0.05) is 12.1 Å². The fourth-order valence-electron chi connectivity index (χ4n) is 2.16. The molecule has 4 nitrogen and oxygen atoms in total. The highest BCUT2D eigenvalue weighted by Crippen LogP contribution is 2.14. The molecule has 1 aromatic carbocycles. The monoisotopic (exact) mass is 238 g/mol. The van der Waals surface area contributed by atoms with E-state index in [0.29, 0.717) is 13.1 Å². The minimum atomic E-state index is -0.984. The third-order valence-electron chi connectivity index (χ3n) is 2.90. The molecule has 1 amide bonds. The predicted molar refractivity (Wildman–Crippen MR) is 61.2 cm³/mol. The van der Waals surface area contributed by atoms with Gasteiger partial charge < -0.3 is 10.4 Å². The summed E-state index contributed by atoms with van der Waals surface area (Å²) in [4.78, 5) is 12.6. The largest absolute Gasteiger partial charge is 0.465 e. The average Bonchev–Trinajstić information content (AvgIpc) is 2.64. The Bertz CT molecular complexity index is 411. The first kappa shape index (κ1) is 11.9. The summed E-state index contributed by atoms with van der Waals surface area (Å²) in [7, 11) is 0. The molecule has 5 heteroatoms. The number of hydrogen-bond acceptors (Lipinski definition) is 2. The van der Waals surface area contributed by atoms with Crippen molar-refractivity contribution in [1.82, 2.24) is 10.2 Å². The van der Waals surface area contributed by atoms with Gasteiger partial charge in [0.2, 0.25) is 0 Å². The molecule has 1 aliphatic rings. The van der Waals surface area contributed by atoms with Crippen LogP contribution in [0, 0.1) is 5.82 Å². The molecule has 0 aromatic heterocycles. The maximum atomic E-state index is 13.0. The van der Waals surface area contributed by atoms with Crippen LogP contribution in [0.2, 0.25) is 0 Å². The summed E-state index contributed by atoms with van der Waals surface area (Å²) >= 11 is 0. The molecule has 1 heterocycles. The van der Waals surface area contributed by atoms with E-state index in [1.165, 1.54) is 12.1 Å². The van der Waals surface area contributed by atoms with Gasteiger partial charge in [0.1, 0.15) is 5.82 Å². The summed E-state index contributed by atoms with van der Waals surface area (Å²) in [6, 6.07) is 6.48. The van der Waals surface area contributed by atoms with Crippen molar-refractivity contribution in [2.75, 3.05) is 13.1 Å². The highest BCUT2D eigenvalue weighted by Gasteiger charge is 2.23. The number of hydrogen-bond donors (Lipinski definition) is 2. The second-order valence-electron chi connectivity index (χ2n) is 4.30. The molecule has 0 aliphatic carbocycles. The van der Waals surface area contributed by atoms with E-state index < -0.39 is 6.09 Å². The van der Waals surface area contributed by atoms with Gasteiger partial charge in [0.15, 0.2) is 0 Å². The van der Waals surface area contributed by atoms with Crippen molar-refractivity contribution < 1.29 is 14.3 Å². The number of nitrogens with one attached hydrogen (secondary N) is 1. The van der Waals surface area contributed by atoms with Crippen molar-refractivity contribution in [2.24, 2.45) is 0 Å². The summed E-state index contributed by atoms with van der Waals surface area (Å²) in [6.07, 6.45) is -0.177. The molecule has 1 fully saturated rings. The maximum Gasteiger partial charge on any atom is 0.404 e. The number of halogens is 1. The lowest BCUT2D eigenvalue weighted by molar-refractivity contribution is 0.189. The van der Waals surface area contributed by atoms with Crippen molar-refractivity contribution in [3.8, 4) is 0 Å². The molecule has 0 bridgehead atoms. The van der Waals surface area contributed by atoms with Crippen LogP contribution in [0.4, 0.5) is 9.18 Å². The Balaban J connectivity index is 1.87. The molecule has 2 rings (SSSR count). The molecule has 0 radical (unpaired) electrons. The van der Waals surface area contributed by atoms with Gasteiger partial charge >= 0.3 is 6.09 Å².